The van der Waals surface area contributed by atoms with Gasteiger partial charge in [0.25, 0.3) is 0 Å². The van der Waals surface area contributed by atoms with Gasteiger partial charge in [0.1, 0.15) is 0 Å². The number of carbonyl (C=O) groups is 1. The Morgan fingerprint density at radius 1 is 1.57 bits per heavy atom. The van der Waals surface area contributed by atoms with Crippen LogP contribution in [0.4, 0.5) is 0 Å². The number of aromatic carboxylic acids is 1. The molecule has 3 nitrogen and oxygen atoms in total. The molecule has 14 heavy (non-hydrogen) atoms. The first-order valence-corrected chi connectivity index (χ1v) is 5.48. The highest BCUT2D eigenvalue weighted by Crippen LogP contribution is 2.33. The number of benzene rings is 1. The van der Waals surface area contributed by atoms with Crippen molar-refractivity contribution in [2.24, 2.45) is 5.73 Å². The lowest BCUT2D eigenvalue weighted by atomic mass is 10.1. The predicted octanol–water partition coefficient (Wildman–Crippen LogP) is 1.94. The average molecular weight is 303 g/mol. The summed E-state index contributed by atoms with van der Waals surface area (Å²) in [7, 11) is 0. The molecule has 0 heterocycles. The molecule has 0 radical (unpaired) electrons. The van der Waals surface area contributed by atoms with E-state index in [1.54, 1.807) is 12.1 Å². The molecule has 1 aromatic rings. The van der Waals surface area contributed by atoms with Crippen LogP contribution in [0.15, 0.2) is 12.1 Å². The van der Waals surface area contributed by atoms with Gasteiger partial charge in [0.05, 0.1) is 5.56 Å². The van der Waals surface area contributed by atoms with Crippen molar-refractivity contribution >= 4 is 28.6 Å². The number of carboxylic acids is 1. The molecule has 0 fully saturated rings. The van der Waals surface area contributed by atoms with Gasteiger partial charge >= 0.3 is 5.97 Å². The van der Waals surface area contributed by atoms with Crippen LogP contribution in [0, 0.1) is 3.57 Å². The van der Waals surface area contributed by atoms with Crippen LogP contribution in [0.2, 0.25) is 0 Å². The lowest BCUT2D eigenvalue weighted by molar-refractivity contribution is 0.0696. The number of carboxylic acid groups (broad SMARTS) is 1. The van der Waals surface area contributed by atoms with Crippen LogP contribution in [0.5, 0.6) is 0 Å². The van der Waals surface area contributed by atoms with E-state index in [2.05, 4.69) is 22.6 Å². The Labute approximate surface area is 95.4 Å². The molecule has 1 aromatic carbocycles. The van der Waals surface area contributed by atoms with Crippen LogP contribution in [-0.2, 0) is 6.42 Å². The van der Waals surface area contributed by atoms with Gasteiger partial charge in [-0.3, -0.25) is 0 Å². The largest absolute Gasteiger partial charge is 0.478 e. The first-order chi connectivity index (χ1) is 6.59. The van der Waals surface area contributed by atoms with E-state index in [-0.39, 0.29) is 6.04 Å². The van der Waals surface area contributed by atoms with Gasteiger partial charge < -0.3 is 10.8 Å². The lowest BCUT2D eigenvalue weighted by Crippen LogP contribution is -2.08. The van der Waals surface area contributed by atoms with Crippen molar-refractivity contribution in [1.29, 1.82) is 0 Å². The average Bonchev–Trinajstić information content (AvgIpc) is 2.48. The van der Waals surface area contributed by atoms with E-state index >= 15 is 0 Å². The van der Waals surface area contributed by atoms with Gasteiger partial charge in [0.2, 0.25) is 0 Å². The van der Waals surface area contributed by atoms with Crippen molar-refractivity contribution in [1.82, 2.24) is 0 Å². The molecule has 0 saturated carbocycles. The zero-order chi connectivity index (χ0) is 10.3. The highest BCUT2D eigenvalue weighted by molar-refractivity contribution is 14.1. The van der Waals surface area contributed by atoms with Crippen LogP contribution in [0.25, 0.3) is 0 Å². The molecule has 0 aliphatic heterocycles. The Morgan fingerprint density at radius 2 is 2.29 bits per heavy atom. The molecular weight excluding hydrogens is 293 g/mol. The summed E-state index contributed by atoms with van der Waals surface area (Å²) in [4.78, 5) is 10.8. The third-order valence-electron chi connectivity index (χ3n) is 2.56. The summed E-state index contributed by atoms with van der Waals surface area (Å²) in [6.07, 6.45) is 1.82. The number of halogens is 1. The standard InChI is InChI=1S/C10H10INO2/c11-7-4-6(10(13)14)3-5-1-2-8(12)9(5)7/h3-4,8H,1-2,12H2,(H,13,14)/t8-/m1/s1. The van der Waals surface area contributed by atoms with E-state index < -0.39 is 5.97 Å². The number of aryl methyl sites for hydroxylation is 1. The molecule has 0 saturated heterocycles. The summed E-state index contributed by atoms with van der Waals surface area (Å²) in [6.45, 7) is 0. The topological polar surface area (TPSA) is 63.3 Å². The molecule has 4 heteroatoms. The maximum Gasteiger partial charge on any atom is 0.335 e. The maximum atomic E-state index is 10.8. The second-order valence-corrected chi connectivity index (χ2v) is 4.64. The van der Waals surface area contributed by atoms with Crippen molar-refractivity contribution in [3.63, 3.8) is 0 Å². The van der Waals surface area contributed by atoms with Gasteiger partial charge in [-0.05, 0) is 58.7 Å². The first kappa shape index (κ1) is 9.92. The molecule has 0 unspecified atom stereocenters. The maximum absolute atomic E-state index is 10.8. The van der Waals surface area contributed by atoms with Gasteiger partial charge in [-0.15, -0.1) is 0 Å². The second kappa shape index (κ2) is 3.51. The Bertz CT molecular complexity index is 403. The van der Waals surface area contributed by atoms with Crippen molar-refractivity contribution in [2.75, 3.05) is 0 Å². The zero-order valence-electron chi connectivity index (χ0n) is 7.46. The summed E-state index contributed by atoms with van der Waals surface area (Å²) in [5.41, 5.74) is 8.52. The number of rotatable bonds is 1. The summed E-state index contributed by atoms with van der Waals surface area (Å²) >= 11 is 2.16. The molecule has 3 N–H and O–H groups in total. The van der Waals surface area contributed by atoms with Crippen LogP contribution < -0.4 is 5.73 Å². The Hall–Kier alpha value is -0.620. The third-order valence-corrected chi connectivity index (χ3v) is 3.45. The van der Waals surface area contributed by atoms with Crippen molar-refractivity contribution in [3.8, 4) is 0 Å². The summed E-state index contributed by atoms with van der Waals surface area (Å²) < 4.78 is 0.975. The van der Waals surface area contributed by atoms with Crippen LogP contribution in [0.3, 0.4) is 0 Å². The van der Waals surface area contributed by atoms with Gasteiger partial charge in [0, 0.05) is 9.61 Å². The monoisotopic (exact) mass is 303 g/mol. The van der Waals surface area contributed by atoms with Gasteiger partial charge in [0.15, 0.2) is 0 Å². The Kier molecular flexibility index (Phi) is 2.48. The van der Waals surface area contributed by atoms with Crippen LogP contribution in [0.1, 0.15) is 33.9 Å². The molecule has 74 valence electrons. The smallest absolute Gasteiger partial charge is 0.335 e. The van der Waals surface area contributed by atoms with E-state index in [1.165, 1.54) is 0 Å². The Balaban J connectivity index is 2.57. The molecule has 1 aliphatic carbocycles. The lowest BCUT2D eigenvalue weighted by Gasteiger charge is -2.08. The zero-order valence-corrected chi connectivity index (χ0v) is 9.61. The summed E-state index contributed by atoms with van der Waals surface area (Å²) in [6, 6.07) is 3.51. The van der Waals surface area contributed by atoms with Crippen LogP contribution >= 0.6 is 22.6 Å². The molecule has 0 aromatic heterocycles. The number of hydrogen-bond donors (Lipinski definition) is 2. The first-order valence-electron chi connectivity index (χ1n) is 4.41. The van der Waals surface area contributed by atoms with E-state index in [4.69, 9.17) is 10.8 Å². The van der Waals surface area contributed by atoms with Crippen LogP contribution in [-0.4, -0.2) is 11.1 Å². The fourth-order valence-corrected chi connectivity index (χ4v) is 2.96. The SMILES string of the molecule is N[C@@H]1CCc2cc(C(=O)O)cc(I)c21. The molecule has 0 amide bonds. The van der Waals surface area contributed by atoms with E-state index in [1.807, 2.05) is 0 Å². The Morgan fingerprint density at radius 3 is 2.93 bits per heavy atom. The third kappa shape index (κ3) is 1.52. The minimum atomic E-state index is -0.869. The number of nitrogens with two attached hydrogens (primary N) is 1. The van der Waals surface area contributed by atoms with E-state index in [0.717, 1.165) is 27.5 Å². The van der Waals surface area contributed by atoms with Crippen molar-refractivity contribution in [2.45, 2.75) is 18.9 Å². The summed E-state index contributed by atoms with van der Waals surface area (Å²) in [5.74, 6) is -0.869. The quantitative estimate of drug-likeness (QED) is 0.779. The van der Waals surface area contributed by atoms with Crippen molar-refractivity contribution in [3.05, 3.63) is 32.4 Å². The summed E-state index contributed by atoms with van der Waals surface area (Å²) in [5, 5.41) is 8.87. The van der Waals surface area contributed by atoms with Gasteiger partial charge in [-0.1, -0.05) is 0 Å². The number of hydrogen-bond acceptors (Lipinski definition) is 2. The molecule has 0 spiro atoms. The highest BCUT2D eigenvalue weighted by atomic mass is 127. The second-order valence-electron chi connectivity index (χ2n) is 3.48. The van der Waals surface area contributed by atoms with Crippen molar-refractivity contribution < 1.29 is 9.90 Å². The minimum Gasteiger partial charge on any atom is -0.478 e. The fourth-order valence-electron chi connectivity index (χ4n) is 1.88. The normalized spacial score (nSPS) is 19.4. The molecule has 1 aliphatic rings. The van der Waals surface area contributed by atoms with Gasteiger partial charge in [-0.25, -0.2) is 4.79 Å². The number of fused-ring (bicyclic) bond motifs is 1. The van der Waals surface area contributed by atoms with E-state index in [0.29, 0.717) is 5.56 Å². The highest BCUT2D eigenvalue weighted by Gasteiger charge is 2.23. The van der Waals surface area contributed by atoms with Gasteiger partial charge in [-0.2, -0.15) is 0 Å². The molecule has 0 bridgehead atoms. The predicted molar refractivity (Wildman–Crippen MR) is 61.4 cm³/mol. The molecular formula is C10H10INO2. The molecule has 1 atom stereocenters. The van der Waals surface area contributed by atoms with E-state index in [9.17, 15) is 4.79 Å². The molecule has 2 rings (SSSR count). The minimum absolute atomic E-state index is 0.0831. The fraction of sp³-hybridized carbons (Fsp3) is 0.300.